The van der Waals surface area contributed by atoms with Crippen LogP contribution < -0.4 is 5.73 Å². The summed E-state index contributed by atoms with van der Waals surface area (Å²) in [7, 11) is 0. The molecule has 1 aliphatic carbocycles. The second kappa shape index (κ2) is 3.34. The average molecular weight is 172 g/mol. The van der Waals surface area contributed by atoms with Crippen molar-refractivity contribution in [2.24, 2.45) is 11.7 Å². The van der Waals surface area contributed by atoms with Crippen LogP contribution in [0.3, 0.4) is 0 Å². The Hall–Kier alpha value is -1.39. The summed E-state index contributed by atoms with van der Waals surface area (Å²) in [4.78, 5) is 9.67. The molecule has 0 bridgehead atoms. The molecule has 0 aromatic rings. The van der Waals surface area contributed by atoms with Crippen LogP contribution in [0.1, 0.15) is 6.42 Å². The highest BCUT2D eigenvalue weighted by molar-refractivity contribution is 5.15. The molecule has 2 unspecified atom stereocenters. The van der Waals surface area contributed by atoms with Crippen LogP contribution in [-0.4, -0.2) is 11.0 Å². The van der Waals surface area contributed by atoms with Crippen molar-refractivity contribution in [2.75, 3.05) is 0 Å². The number of nitro groups is 1. The van der Waals surface area contributed by atoms with Crippen LogP contribution in [-0.2, 0) is 0 Å². The number of nitrogens with two attached hydrogens (primary N) is 1. The number of hydrogen-bond donors (Lipinski definition) is 1. The fourth-order valence-electron chi connectivity index (χ4n) is 0.982. The molecular formula is C7H9FN2O2. The smallest absolute Gasteiger partial charge is 0.223 e. The van der Waals surface area contributed by atoms with Gasteiger partial charge in [-0.25, -0.2) is 4.39 Å². The normalized spacial score (nSPS) is 29.2. The van der Waals surface area contributed by atoms with Crippen LogP contribution in [0.4, 0.5) is 4.39 Å². The molecule has 0 radical (unpaired) electrons. The number of allylic oxidation sites excluding steroid dienone is 2. The standard InChI is InChI=1S/C7H9FN2O2/c8-6(2-1-3-9)5-4-7(5)10(11)12/h1-3,5,7H,4,9H2/b3-1-,6-2+. The highest BCUT2D eigenvalue weighted by Gasteiger charge is 2.51. The maximum Gasteiger partial charge on any atom is 0.223 e. The quantitative estimate of drug-likeness (QED) is 0.392. The summed E-state index contributed by atoms with van der Waals surface area (Å²) in [5.74, 6) is -0.991. The van der Waals surface area contributed by atoms with Crippen LogP contribution in [0.2, 0.25) is 0 Å². The van der Waals surface area contributed by atoms with Gasteiger partial charge in [-0.2, -0.15) is 0 Å². The zero-order chi connectivity index (χ0) is 9.14. The van der Waals surface area contributed by atoms with Crippen molar-refractivity contribution in [3.63, 3.8) is 0 Å². The van der Waals surface area contributed by atoms with Gasteiger partial charge in [0.05, 0.1) is 5.92 Å². The van der Waals surface area contributed by atoms with Crippen molar-refractivity contribution in [1.82, 2.24) is 0 Å². The number of rotatable bonds is 3. The molecule has 2 atom stereocenters. The molecular weight excluding hydrogens is 163 g/mol. The first-order valence-corrected chi connectivity index (χ1v) is 3.54. The Morgan fingerprint density at radius 3 is 2.83 bits per heavy atom. The molecule has 0 aliphatic heterocycles. The predicted molar refractivity (Wildman–Crippen MR) is 41.4 cm³/mol. The van der Waals surface area contributed by atoms with E-state index in [-0.39, 0.29) is 0 Å². The zero-order valence-corrected chi connectivity index (χ0v) is 6.31. The molecule has 2 N–H and O–H groups in total. The Kier molecular flexibility index (Phi) is 2.42. The van der Waals surface area contributed by atoms with E-state index in [1.807, 2.05) is 0 Å². The van der Waals surface area contributed by atoms with Crippen LogP contribution in [0.25, 0.3) is 0 Å². The molecule has 1 saturated carbocycles. The van der Waals surface area contributed by atoms with E-state index in [2.05, 4.69) is 0 Å². The van der Waals surface area contributed by atoms with E-state index in [0.717, 1.165) is 6.08 Å². The highest BCUT2D eigenvalue weighted by atomic mass is 19.1. The SMILES string of the molecule is N/C=C\C=C(\F)C1CC1[N+](=O)[O-]. The van der Waals surface area contributed by atoms with Gasteiger partial charge in [-0.05, 0) is 18.4 Å². The number of halogens is 1. The van der Waals surface area contributed by atoms with E-state index < -0.39 is 22.7 Å². The topological polar surface area (TPSA) is 69.2 Å². The van der Waals surface area contributed by atoms with Crippen LogP contribution >= 0.6 is 0 Å². The van der Waals surface area contributed by atoms with Gasteiger partial charge >= 0.3 is 0 Å². The van der Waals surface area contributed by atoms with Crippen molar-refractivity contribution >= 4 is 0 Å². The van der Waals surface area contributed by atoms with Gasteiger partial charge < -0.3 is 5.73 Å². The third kappa shape index (κ3) is 1.81. The minimum absolute atomic E-state index is 0.299. The van der Waals surface area contributed by atoms with Gasteiger partial charge in [0.1, 0.15) is 5.83 Å². The molecule has 1 aliphatic rings. The molecule has 0 aromatic heterocycles. The maximum atomic E-state index is 12.8. The molecule has 0 aromatic carbocycles. The van der Waals surface area contributed by atoms with Crippen molar-refractivity contribution in [1.29, 1.82) is 0 Å². The lowest BCUT2D eigenvalue weighted by atomic mass is 10.3. The first-order valence-electron chi connectivity index (χ1n) is 3.54. The Morgan fingerprint density at radius 2 is 2.42 bits per heavy atom. The van der Waals surface area contributed by atoms with E-state index in [1.54, 1.807) is 0 Å². The Balaban J connectivity index is 2.48. The Labute approximate surface area is 68.7 Å². The van der Waals surface area contributed by atoms with Crippen molar-refractivity contribution < 1.29 is 9.31 Å². The monoisotopic (exact) mass is 172 g/mol. The molecule has 1 rings (SSSR count). The molecule has 0 spiro atoms. The largest absolute Gasteiger partial charge is 0.405 e. The molecule has 0 amide bonds. The van der Waals surface area contributed by atoms with Crippen molar-refractivity contribution in [2.45, 2.75) is 12.5 Å². The van der Waals surface area contributed by atoms with Crippen LogP contribution in [0.5, 0.6) is 0 Å². The van der Waals surface area contributed by atoms with E-state index in [0.29, 0.717) is 6.42 Å². The molecule has 5 heteroatoms. The minimum Gasteiger partial charge on any atom is -0.405 e. The molecule has 1 fully saturated rings. The fraction of sp³-hybridized carbons (Fsp3) is 0.429. The summed E-state index contributed by atoms with van der Waals surface area (Å²) in [5, 5.41) is 10.1. The van der Waals surface area contributed by atoms with E-state index in [1.165, 1.54) is 12.3 Å². The predicted octanol–water partition coefficient (Wildman–Crippen LogP) is 0.977. The Bertz CT molecular complexity index is 250. The van der Waals surface area contributed by atoms with Gasteiger partial charge in [0, 0.05) is 11.3 Å². The molecule has 4 nitrogen and oxygen atoms in total. The summed E-state index contributed by atoms with van der Waals surface area (Å²) in [6.45, 7) is 0. The first kappa shape index (κ1) is 8.70. The fourth-order valence-corrected chi connectivity index (χ4v) is 0.982. The number of nitrogens with zero attached hydrogens (tertiary/aromatic N) is 1. The second-order valence-corrected chi connectivity index (χ2v) is 2.63. The van der Waals surface area contributed by atoms with E-state index in [9.17, 15) is 14.5 Å². The zero-order valence-electron chi connectivity index (χ0n) is 6.31. The third-order valence-electron chi connectivity index (χ3n) is 1.75. The number of hydrogen-bond acceptors (Lipinski definition) is 3. The maximum absolute atomic E-state index is 12.8. The van der Waals surface area contributed by atoms with E-state index in [4.69, 9.17) is 5.73 Å². The van der Waals surface area contributed by atoms with Gasteiger partial charge in [-0.3, -0.25) is 10.1 Å². The van der Waals surface area contributed by atoms with Gasteiger partial charge in [-0.15, -0.1) is 0 Å². The third-order valence-corrected chi connectivity index (χ3v) is 1.75. The Morgan fingerprint density at radius 1 is 1.75 bits per heavy atom. The summed E-state index contributed by atoms with van der Waals surface area (Å²) >= 11 is 0. The summed E-state index contributed by atoms with van der Waals surface area (Å²) in [5.41, 5.74) is 4.97. The molecule has 0 saturated heterocycles. The molecule has 66 valence electrons. The van der Waals surface area contributed by atoms with Gasteiger partial charge in [0.15, 0.2) is 0 Å². The van der Waals surface area contributed by atoms with Crippen LogP contribution in [0, 0.1) is 16.0 Å². The van der Waals surface area contributed by atoms with Crippen molar-refractivity contribution in [3.05, 3.63) is 34.3 Å². The lowest BCUT2D eigenvalue weighted by molar-refractivity contribution is -0.497. The average Bonchev–Trinajstić information content (AvgIpc) is 2.78. The van der Waals surface area contributed by atoms with Crippen LogP contribution in [0.15, 0.2) is 24.2 Å². The second-order valence-electron chi connectivity index (χ2n) is 2.63. The minimum atomic E-state index is -0.729. The summed E-state index contributed by atoms with van der Waals surface area (Å²) in [6.07, 6.45) is 3.97. The van der Waals surface area contributed by atoms with Gasteiger partial charge in [0.25, 0.3) is 0 Å². The van der Waals surface area contributed by atoms with Gasteiger partial charge in [0.2, 0.25) is 6.04 Å². The lowest BCUT2D eigenvalue weighted by Crippen LogP contribution is -2.03. The summed E-state index contributed by atoms with van der Waals surface area (Å²) in [6, 6.07) is -0.729. The summed E-state index contributed by atoms with van der Waals surface area (Å²) < 4.78 is 12.8. The lowest BCUT2D eigenvalue weighted by Gasteiger charge is -1.88. The highest BCUT2D eigenvalue weighted by Crippen LogP contribution is 2.39. The van der Waals surface area contributed by atoms with E-state index >= 15 is 0 Å². The molecule has 12 heavy (non-hydrogen) atoms. The molecule has 0 heterocycles. The van der Waals surface area contributed by atoms with Gasteiger partial charge in [-0.1, -0.05) is 0 Å². The van der Waals surface area contributed by atoms with Crippen molar-refractivity contribution in [3.8, 4) is 0 Å². The first-order chi connectivity index (χ1) is 5.66.